The first-order valence-electron chi connectivity index (χ1n) is 5.65. The lowest BCUT2D eigenvalue weighted by Gasteiger charge is -2.21. The summed E-state index contributed by atoms with van der Waals surface area (Å²) in [5.74, 6) is 0.390. The smallest absolute Gasteiger partial charge is 0.255 e. The van der Waals surface area contributed by atoms with Crippen LogP contribution in [0.25, 0.3) is 0 Å². The van der Waals surface area contributed by atoms with Gasteiger partial charge in [-0.3, -0.25) is 4.79 Å². The van der Waals surface area contributed by atoms with E-state index < -0.39 is 12.1 Å². The molecule has 2 unspecified atom stereocenters. The molecule has 1 aromatic rings. The number of methoxy groups -OCH3 is 1. The summed E-state index contributed by atoms with van der Waals surface area (Å²) in [6.45, 7) is 1.74. The average molecular weight is 246 g/mol. The first-order chi connectivity index (χ1) is 8.58. The molecule has 5 nitrogen and oxygen atoms in total. The zero-order valence-corrected chi connectivity index (χ0v) is 10.3. The topological polar surface area (TPSA) is 73.6 Å². The van der Waals surface area contributed by atoms with Gasteiger partial charge in [-0.25, -0.2) is 0 Å². The van der Waals surface area contributed by atoms with E-state index in [4.69, 9.17) is 4.74 Å². The van der Waals surface area contributed by atoms with E-state index in [1.54, 1.807) is 25.1 Å². The van der Waals surface area contributed by atoms with Gasteiger partial charge in [0.05, 0.1) is 19.3 Å². The zero-order valence-electron chi connectivity index (χ0n) is 10.3. The highest BCUT2D eigenvalue weighted by Gasteiger charge is 2.37. The van der Waals surface area contributed by atoms with Crippen molar-refractivity contribution in [1.29, 1.82) is 5.26 Å². The maximum absolute atomic E-state index is 12.1. The largest absolute Gasteiger partial charge is 0.497 e. The Morgan fingerprint density at radius 3 is 2.89 bits per heavy atom. The maximum Gasteiger partial charge on any atom is 0.255 e. The van der Waals surface area contributed by atoms with Crippen LogP contribution in [0.4, 0.5) is 0 Å². The van der Waals surface area contributed by atoms with Gasteiger partial charge in [-0.1, -0.05) is 0 Å². The zero-order chi connectivity index (χ0) is 13.3. The molecule has 94 valence electrons. The van der Waals surface area contributed by atoms with Crippen LogP contribution >= 0.6 is 0 Å². The summed E-state index contributed by atoms with van der Waals surface area (Å²) in [5.41, 5.74) is 1.14. The van der Waals surface area contributed by atoms with Gasteiger partial charge in [0.25, 0.3) is 5.91 Å². The third-order valence-electron chi connectivity index (χ3n) is 2.94. The summed E-state index contributed by atoms with van der Waals surface area (Å²) in [5, 5.41) is 18.6. The van der Waals surface area contributed by atoms with Crippen LogP contribution in [0.15, 0.2) is 18.2 Å². The van der Waals surface area contributed by atoms with E-state index in [0.717, 1.165) is 0 Å². The number of carbonyl (C=O) groups is 1. The molecular formula is C13H14N2O3. The number of ether oxygens (including phenoxy) is 1. The highest BCUT2D eigenvalue weighted by Crippen LogP contribution is 2.35. The Kier molecular flexibility index (Phi) is 3.21. The molecule has 0 aromatic heterocycles. The fourth-order valence-corrected chi connectivity index (χ4v) is 2.14. The Morgan fingerprint density at radius 1 is 1.61 bits per heavy atom. The summed E-state index contributed by atoms with van der Waals surface area (Å²) in [6, 6.07) is 6.49. The van der Waals surface area contributed by atoms with E-state index in [0.29, 0.717) is 16.9 Å². The van der Waals surface area contributed by atoms with Crippen LogP contribution in [-0.4, -0.2) is 35.7 Å². The summed E-state index contributed by atoms with van der Waals surface area (Å²) in [6.07, 6.45) is -0.666. The van der Waals surface area contributed by atoms with Crippen LogP contribution in [0.1, 0.15) is 28.9 Å². The standard InChI is InChI=1S/C13H14N2O3/c1-8(16)7-15-12(6-14)11-5-9(18-2)3-4-10(11)13(15)17/h3-5,8,12,16H,7H2,1-2H3. The molecule has 1 heterocycles. The Hall–Kier alpha value is -2.06. The van der Waals surface area contributed by atoms with Crippen molar-refractivity contribution in [1.82, 2.24) is 4.90 Å². The molecule has 1 aliphatic rings. The second-order valence-electron chi connectivity index (χ2n) is 4.29. The third-order valence-corrected chi connectivity index (χ3v) is 2.94. The number of rotatable bonds is 3. The number of nitriles is 1. The second kappa shape index (κ2) is 4.67. The number of carbonyl (C=O) groups excluding carboxylic acids is 1. The monoisotopic (exact) mass is 246 g/mol. The van der Waals surface area contributed by atoms with Crippen molar-refractivity contribution in [2.45, 2.75) is 19.1 Å². The molecule has 0 bridgehead atoms. The van der Waals surface area contributed by atoms with Crippen molar-refractivity contribution >= 4 is 5.91 Å². The van der Waals surface area contributed by atoms with Crippen LogP contribution in [-0.2, 0) is 0 Å². The minimum absolute atomic E-state index is 0.147. The van der Waals surface area contributed by atoms with Crippen LogP contribution < -0.4 is 4.74 Å². The van der Waals surface area contributed by atoms with Crippen molar-refractivity contribution in [3.8, 4) is 11.8 Å². The quantitative estimate of drug-likeness (QED) is 0.866. The minimum atomic E-state index is -0.666. The molecule has 1 amide bonds. The molecular weight excluding hydrogens is 232 g/mol. The number of amides is 1. The van der Waals surface area contributed by atoms with E-state index >= 15 is 0 Å². The number of hydrogen-bond donors (Lipinski definition) is 1. The van der Waals surface area contributed by atoms with Gasteiger partial charge in [0.15, 0.2) is 0 Å². The molecule has 0 saturated heterocycles. The number of nitrogens with zero attached hydrogens (tertiary/aromatic N) is 2. The van der Waals surface area contributed by atoms with E-state index in [2.05, 4.69) is 6.07 Å². The lowest BCUT2D eigenvalue weighted by atomic mass is 10.1. The van der Waals surface area contributed by atoms with Crippen molar-refractivity contribution < 1.29 is 14.6 Å². The van der Waals surface area contributed by atoms with Gasteiger partial charge < -0.3 is 14.7 Å². The van der Waals surface area contributed by atoms with E-state index in [9.17, 15) is 15.2 Å². The Balaban J connectivity index is 2.43. The van der Waals surface area contributed by atoms with Crippen LogP contribution in [0.5, 0.6) is 5.75 Å². The summed E-state index contributed by atoms with van der Waals surface area (Å²) in [4.78, 5) is 13.5. The summed E-state index contributed by atoms with van der Waals surface area (Å²) < 4.78 is 5.10. The maximum atomic E-state index is 12.1. The lowest BCUT2D eigenvalue weighted by Crippen LogP contribution is -2.33. The SMILES string of the molecule is COc1ccc2c(c1)C(C#N)N(CC(C)O)C2=O. The van der Waals surface area contributed by atoms with Gasteiger partial charge in [-0.05, 0) is 25.1 Å². The Morgan fingerprint density at radius 2 is 2.33 bits per heavy atom. The van der Waals surface area contributed by atoms with E-state index in [1.165, 1.54) is 12.0 Å². The van der Waals surface area contributed by atoms with Crippen molar-refractivity contribution in [3.05, 3.63) is 29.3 Å². The van der Waals surface area contributed by atoms with Gasteiger partial charge in [-0.15, -0.1) is 0 Å². The van der Waals surface area contributed by atoms with Crippen molar-refractivity contribution in [2.75, 3.05) is 13.7 Å². The first-order valence-corrected chi connectivity index (χ1v) is 5.65. The Labute approximate surface area is 105 Å². The van der Waals surface area contributed by atoms with Gasteiger partial charge in [0.2, 0.25) is 0 Å². The fraction of sp³-hybridized carbons (Fsp3) is 0.385. The minimum Gasteiger partial charge on any atom is -0.497 e. The fourth-order valence-electron chi connectivity index (χ4n) is 2.14. The number of aliphatic hydroxyl groups is 1. The first kappa shape index (κ1) is 12.4. The third kappa shape index (κ3) is 1.91. The molecule has 0 saturated carbocycles. The predicted octanol–water partition coefficient (Wildman–Crippen LogP) is 1.10. The molecule has 0 spiro atoms. The summed E-state index contributed by atoms with van der Waals surface area (Å²) in [7, 11) is 1.54. The molecule has 0 aliphatic carbocycles. The number of fused-ring (bicyclic) bond motifs is 1. The molecule has 18 heavy (non-hydrogen) atoms. The molecule has 2 atom stereocenters. The van der Waals surface area contributed by atoms with Crippen molar-refractivity contribution in [3.63, 3.8) is 0 Å². The molecule has 0 radical (unpaired) electrons. The second-order valence-corrected chi connectivity index (χ2v) is 4.29. The van der Waals surface area contributed by atoms with Crippen LogP contribution in [0.2, 0.25) is 0 Å². The Bertz CT molecular complexity index is 519. The van der Waals surface area contributed by atoms with E-state index in [1.807, 2.05) is 0 Å². The van der Waals surface area contributed by atoms with Crippen LogP contribution in [0, 0.1) is 11.3 Å². The average Bonchev–Trinajstić information content (AvgIpc) is 2.61. The molecule has 1 aromatic carbocycles. The normalized spacial score (nSPS) is 19.3. The highest BCUT2D eigenvalue weighted by molar-refractivity contribution is 5.99. The number of aliphatic hydroxyl groups excluding tert-OH is 1. The van der Waals surface area contributed by atoms with Crippen LogP contribution in [0.3, 0.4) is 0 Å². The lowest BCUT2D eigenvalue weighted by molar-refractivity contribution is 0.0641. The molecule has 0 fully saturated rings. The molecule has 5 heteroatoms. The van der Waals surface area contributed by atoms with Gasteiger partial charge in [0, 0.05) is 17.7 Å². The number of β-amino-alcohol motifs (C(OH)–C–C–N with tert-alkyl or cyclic N) is 1. The predicted molar refractivity (Wildman–Crippen MR) is 64.1 cm³/mol. The van der Waals surface area contributed by atoms with Gasteiger partial charge in [0.1, 0.15) is 11.8 Å². The van der Waals surface area contributed by atoms with E-state index in [-0.39, 0.29) is 12.5 Å². The van der Waals surface area contributed by atoms with Crippen molar-refractivity contribution in [2.24, 2.45) is 0 Å². The summed E-state index contributed by atoms with van der Waals surface area (Å²) >= 11 is 0. The van der Waals surface area contributed by atoms with Gasteiger partial charge >= 0.3 is 0 Å². The highest BCUT2D eigenvalue weighted by atomic mass is 16.5. The van der Waals surface area contributed by atoms with Gasteiger partial charge in [-0.2, -0.15) is 5.26 Å². The molecule has 1 aliphatic heterocycles. The molecule has 1 N–H and O–H groups in total. The molecule has 2 rings (SSSR count). The number of hydrogen-bond acceptors (Lipinski definition) is 4. The number of benzene rings is 1.